The van der Waals surface area contributed by atoms with Gasteiger partial charge in [-0.3, -0.25) is 4.99 Å². The SMILES string of the molecule is C=C/C=C(C#N)\C=C(/C=C)N1C=C(C2=CCCCCC2)C(=C(/C(=C)C)C(=C)CCCN(CC(C)C)C(=O)OC(C)(C)C)/C1=N\C. The number of rotatable bonds is 13. The third-order valence-corrected chi connectivity index (χ3v) is 7.47. The van der Waals surface area contributed by atoms with Crippen molar-refractivity contribution < 1.29 is 9.53 Å². The van der Waals surface area contributed by atoms with Crippen molar-refractivity contribution in [3.63, 3.8) is 0 Å². The molecule has 0 N–H and O–H groups in total. The molecule has 0 fully saturated rings. The molecule has 45 heavy (non-hydrogen) atoms. The van der Waals surface area contributed by atoms with Crippen LogP contribution >= 0.6 is 0 Å². The lowest BCUT2D eigenvalue weighted by Gasteiger charge is -2.29. The maximum Gasteiger partial charge on any atom is 0.410 e. The second-order valence-corrected chi connectivity index (χ2v) is 13.1. The summed E-state index contributed by atoms with van der Waals surface area (Å²) >= 11 is 0. The monoisotopic (exact) mass is 610 g/mol. The number of nitrogens with zero attached hydrogens (tertiary/aromatic N) is 4. The number of aliphatic imine (C=N–C) groups is 1. The summed E-state index contributed by atoms with van der Waals surface area (Å²) in [6.07, 6.45) is 17.9. The van der Waals surface area contributed by atoms with E-state index >= 15 is 0 Å². The fourth-order valence-electron chi connectivity index (χ4n) is 5.62. The largest absolute Gasteiger partial charge is 0.444 e. The highest BCUT2D eigenvalue weighted by atomic mass is 16.6. The zero-order chi connectivity index (χ0) is 33.7. The van der Waals surface area contributed by atoms with E-state index in [0.717, 1.165) is 65.1 Å². The Kier molecular flexibility index (Phi) is 14.3. The number of allylic oxidation sites excluding steroid dienone is 10. The number of carbonyl (C=O) groups excluding carboxylic acids is 1. The first kappa shape index (κ1) is 37.1. The fraction of sp³-hybridized carbons (Fsp3) is 0.462. The first-order chi connectivity index (χ1) is 21.3. The van der Waals surface area contributed by atoms with Crippen LogP contribution in [0.1, 0.15) is 86.5 Å². The number of amides is 1. The van der Waals surface area contributed by atoms with Crippen LogP contribution in [0.5, 0.6) is 0 Å². The smallest absolute Gasteiger partial charge is 0.410 e. The molecule has 0 atom stereocenters. The van der Waals surface area contributed by atoms with E-state index in [0.29, 0.717) is 31.0 Å². The Morgan fingerprint density at radius 2 is 1.93 bits per heavy atom. The van der Waals surface area contributed by atoms with Crippen LogP contribution in [-0.4, -0.2) is 47.5 Å². The average Bonchev–Trinajstić information content (AvgIpc) is 3.12. The molecule has 0 aromatic heterocycles. The Hall–Kier alpha value is -4.11. The van der Waals surface area contributed by atoms with Crippen molar-refractivity contribution in [3.8, 4) is 6.07 Å². The molecule has 2 aliphatic rings. The van der Waals surface area contributed by atoms with Crippen molar-refractivity contribution in [2.45, 2.75) is 92.1 Å². The maximum absolute atomic E-state index is 13.0. The van der Waals surface area contributed by atoms with Crippen molar-refractivity contribution in [1.29, 1.82) is 5.26 Å². The Balaban J connectivity index is 2.59. The quantitative estimate of drug-likeness (QED) is 0.154. The van der Waals surface area contributed by atoms with Crippen molar-refractivity contribution >= 4 is 11.9 Å². The fourth-order valence-corrected chi connectivity index (χ4v) is 5.62. The Labute approximate surface area is 272 Å². The highest BCUT2D eigenvalue weighted by Gasteiger charge is 2.33. The molecule has 6 nitrogen and oxygen atoms in total. The van der Waals surface area contributed by atoms with Gasteiger partial charge in [-0.05, 0) is 107 Å². The number of hydrogen-bond donors (Lipinski definition) is 0. The van der Waals surface area contributed by atoms with Gasteiger partial charge in [0.1, 0.15) is 11.4 Å². The average molecular weight is 611 g/mol. The van der Waals surface area contributed by atoms with E-state index in [1.807, 2.05) is 32.6 Å². The lowest BCUT2D eigenvalue weighted by molar-refractivity contribution is 0.0226. The van der Waals surface area contributed by atoms with E-state index in [2.05, 4.69) is 58.5 Å². The number of hydrogen-bond acceptors (Lipinski definition) is 4. The number of carbonyl (C=O) groups is 1. The molecule has 0 bridgehead atoms. The summed E-state index contributed by atoms with van der Waals surface area (Å²) in [5.74, 6) is 1.07. The second-order valence-electron chi connectivity index (χ2n) is 13.1. The van der Waals surface area contributed by atoms with Crippen molar-refractivity contribution in [2.24, 2.45) is 10.9 Å². The summed E-state index contributed by atoms with van der Waals surface area (Å²) in [5.41, 5.74) is 6.86. The van der Waals surface area contributed by atoms with Crippen LogP contribution in [0.25, 0.3) is 0 Å². The summed E-state index contributed by atoms with van der Waals surface area (Å²) < 4.78 is 5.70. The molecule has 1 aliphatic carbocycles. The van der Waals surface area contributed by atoms with Crippen LogP contribution in [-0.2, 0) is 4.74 Å². The first-order valence-corrected chi connectivity index (χ1v) is 16.1. The van der Waals surface area contributed by atoms with E-state index in [-0.39, 0.29) is 6.09 Å². The van der Waals surface area contributed by atoms with Gasteiger partial charge in [-0.2, -0.15) is 5.26 Å². The highest BCUT2D eigenvalue weighted by Crippen LogP contribution is 2.41. The van der Waals surface area contributed by atoms with Gasteiger partial charge in [0.15, 0.2) is 0 Å². The Morgan fingerprint density at radius 1 is 1.22 bits per heavy atom. The van der Waals surface area contributed by atoms with Gasteiger partial charge in [0.05, 0.1) is 11.6 Å². The predicted molar refractivity (Wildman–Crippen MR) is 189 cm³/mol. The minimum absolute atomic E-state index is 0.288. The molecule has 1 amide bonds. The summed E-state index contributed by atoms with van der Waals surface area (Å²) in [7, 11) is 1.79. The third-order valence-electron chi connectivity index (χ3n) is 7.47. The molecule has 0 unspecified atom stereocenters. The Morgan fingerprint density at radius 3 is 2.49 bits per heavy atom. The van der Waals surface area contributed by atoms with Gasteiger partial charge in [0.25, 0.3) is 0 Å². The minimum Gasteiger partial charge on any atom is -0.444 e. The van der Waals surface area contributed by atoms with Crippen LogP contribution < -0.4 is 0 Å². The standard InChI is InChI=1S/C39H54N4O2/c1-12-19-31(25-40)24-33(13-2)43-27-34(32-21-16-14-15-17-22-32)36(37(43)41-11)35(29(5)6)30(7)20-18-23-42(26-28(3)4)38(44)45-39(8,9)10/h12-13,19,21,24,27-28H,1-2,5,7,14-18,20,22-23,26H2,3-4,6,8-11H3/b31-19+,33-24+,36-35+,41-37+. The van der Waals surface area contributed by atoms with Gasteiger partial charge in [-0.25, -0.2) is 4.79 Å². The lowest BCUT2D eigenvalue weighted by atomic mass is 9.86. The van der Waals surface area contributed by atoms with E-state index in [4.69, 9.17) is 9.73 Å². The van der Waals surface area contributed by atoms with E-state index < -0.39 is 5.60 Å². The molecular formula is C39H54N4O2. The van der Waals surface area contributed by atoms with Gasteiger partial charge in [0.2, 0.25) is 0 Å². The van der Waals surface area contributed by atoms with Crippen LogP contribution in [0, 0.1) is 17.2 Å². The lowest BCUT2D eigenvalue weighted by Crippen LogP contribution is -2.39. The molecule has 242 valence electrons. The topological polar surface area (TPSA) is 68.9 Å². The summed E-state index contributed by atoms with van der Waals surface area (Å²) in [5, 5.41) is 9.72. The molecule has 6 heteroatoms. The molecule has 0 spiro atoms. The van der Waals surface area contributed by atoms with Crippen LogP contribution in [0.3, 0.4) is 0 Å². The Bertz CT molecular complexity index is 1380. The first-order valence-electron chi connectivity index (χ1n) is 16.1. The molecule has 1 aliphatic heterocycles. The molecule has 0 aromatic rings. The normalized spacial score (nSPS) is 18.1. The molecule has 0 saturated heterocycles. The zero-order valence-corrected chi connectivity index (χ0v) is 28.8. The number of nitriles is 1. The molecule has 1 heterocycles. The molecule has 0 radical (unpaired) electrons. The molecule has 0 saturated carbocycles. The maximum atomic E-state index is 13.0. The van der Waals surface area contributed by atoms with Crippen molar-refractivity contribution in [1.82, 2.24) is 9.80 Å². The van der Waals surface area contributed by atoms with E-state index in [9.17, 15) is 10.1 Å². The van der Waals surface area contributed by atoms with Crippen molar-refractivity contribution in [2.75, 3.05) is 20.1 Å². The van der Waals surface area contributed by atoms with Gasteiger partial charge in [-0.15, -0.1) is 0 Å². The van der Waals surface area contributed by atoms with Crippen LogP contribution in [0.4, 0.5) is 4.79 Å². The summed E-state index contributed by atoms with van der Waals surface area (Å²) in [6, 6.07) is 2.23. The third kappa shape index (κ3) is 10.8. The molecular weight excluding hydrogens is 556 g/mol. The van der Waals surface area contributed by atoms with E-state index in [1.165, 1.54) is 18.4 Å². The minimum atomic E-state index is -0.554. The molecule has 2 rings (SSSR count). The molecule has 0 aromatic carbocycles. The van der Waals surface area contributed by atoms with Crippen molar-refractivity contribution in [3.05, 3.63) is 108 Å². The zero-order valence-electron chi connectivity index (χ0n) is 28.8. The van der Waals surface area contributed by atoms with Gasteiger partial charge in [0, 0.05) is 43.2 Å². The predicted octanol–water partition coefficient (Wildman–Crippen LogP) is 9.91. The van der Waals surface area contributed by atoms with E-state index in [1.54, 1.807) is 36.3 Å². The van der Waals surface area contributed by atoms with Gasteiger partial charge < -0.3 is 14.5 Å². The van der Waals surface area contributed by atoms with Gasteiger partial charge in [-0.1, -0.05) is 64.3 Å². The summed E-state index contributed by atoms with van der Waals surface area (Å²) in [4.78, 5) is 21.6. The number of ether oxygens (including phenoxy) is 1. The number of amidine groups is 1. The summed E-state index contributed by atoms with van der Waals surface area (Å²) in [6.45, 7) is 29.8. The van der Waals surface area contributed by atoms with Crippen LogP contribution in [0.2, 0.25) is 0 Å². The highest BCUT2D eigenvalue weighted by molar-refractivity contribution is 6.09. The van der Waals surface area contributed by atoms with Crippen LogP contribution in [0.15, 0.2) is 113 Å². The van der Waals surface area contributed by atoms with Gasteiger partial charge >= 0.3 is 6.09 Å². The second kappa shape index (κ2) is 17.4.